The second-order valence-corrected chi connectivity index (χ2v) is 8.37. The first-order chi connectivity index (χ1) is 12.5. The predicted molar refractivity (Wildman–Crippen MR) is 95.9 cm³/mol. The lowest BCUT2D eigenvalue weighted by Crippen LogP contribution is -2.28. The van der Waals surface area contributed by atoms with Crippen molar-refractivity contribution >= 4 is 9.84 Å². The highest BCUT2D eigenvalue weighted by molar-refractivity contribution is 7.91. The van der Waals surface area contributed by atoms with Gasteiger partial charge >= 0.3 is 0 Å². The summed E-state index contributed by atoms with van der Waals surface area (Å²) in [6.45, 7) is 3.98. The monoisotopic (exact) mass is 373 g/mol. The van der Waals surface area contributed by atoms with Crippen LogP contribution in [0.4, 0.5) is 0 Å². The van der Waals surface area contributed by atoms with Gasteiger partial charge < -0.3 is 10.4 Å². The number of hydrogen-bond acceptors (Lipinski definition) is 6. The number of nitrogens with zero attached hydrogens (tertiary/aromatic N) is 4. The summed E-state index contributed by atoms with van der Waals surface area (Å²) in [5.74, 6) is 0.521. The smallest absolute Gasteiger partial charge is 0.178 e. The maximum atomic E-state index is 12.2. The molecule has 8 nitrogen and oxygen atoms in total. The molecule has 0 spiro atoms. The van der Waals surface area contributed by atoms with Gasteiger partial charge in [0.1, 0.15) is 11.4 Å². The fraction of sp³-hybridized carbons (Fsp3) is 0.294. The van der Waals surface area contributed by atoms with Gasteiger partial charge in [-0.1, -0.05) is 6.92 Å². The number of hydrogen-bond donors (Lipinski definition) is 2. The normalized spacial score (nSPS) is 14.3. The quantitative estimate of drug-likeness (QED) is 0.716. The van der Waals surface area contributed by atoms with Crippen LogP contribution in [0.25, 0.3) is 17.2 Å². The van der Waals surface area contributed by atoms with Crippen LogP contribution in [0.2, 0.25) is 0 Å². The molecule has 1 aliphatic rings. The van der Waals surface area contributed by atoms with E-state index in [9.17, 15) is 13.5 Å². The molecule has 1 aromatic carbocycles. The van der Waals surface area contributed by atoms with E-state index in [0.717, 1.165) is 25.3 Å². The standard InChI is InChI=1S/C17H19N5O3S/c1-2-26(24,25)13-3-4-16(23)15(10-13)21-7-6-19-17(21)14-9-12-11-18-5-8-22(12)20-14/h3-4,6-7,9-10,18,23H,2,5,8,11H2,1H3. The van der Waals surface area contributed by atoms with Gasteiger partial charge in [-0.05, 0) is 24.3 Å². The van der Waals surface area contributed by atoms with Gasteiger partial charge in [0.25, 0.3) is 0 Å². The number of aromatic hydroxyl groups is 1. The molecule has 0 saturated carbocycles. The molecule has 0 saturated heterocycles. The Bertz CT molecular complexity index is 1040. The summed E-state index contributed by atoms with van der Waals surface area (Å²) in [7, 11) is -3.38. The Labute approximate surface area is 151 Å². The molecule has 26 heavy (non-hydrogen) atoms. The number of benzene rings is 1. The molecule has 0 aliphatic carbocycles. The lowest BCUT2D eigenvalue weighted by molar-refractivity contribution is 0.471. The van der Waals surface area contributed by atoms with Gasteiger partial charge in [0.2, 0.25) is 0 Å². The van der Waals surface area contributed by atoms with E-state index in [1.807, 2.05) is 10.7 Å². The molecule has 0 atom stereocenters. The van der Waals surface area contributed by atoms with Crippen molar-refractivity contribution in [2.75, 3.05) is 12.3 Å². The van der Waals surface area contributed by atoms with Gasteiger partial charge in [0.15, 0.2) is 15.7 Å². The number of nitrogens with one attached hydrogen (secondary N) is 1. The fourth-order valence-corrected chi connectivity index (χ4v) is 3.95. The number of phenols is 1. The maximum Gasteiger partial charge on any atom is 0.178 e. The van der Waals surface area contributed by atoms with Crippen LogP contribution < -0.4 is 5.32 Å². The van der Waals surface area contributed by atoms with Gasteiger partial charge in [-0.25, -0.2) is 13.4 Å². The van der Waals surface area contributed by atoms with Gasteiger partial charge in [0, 0.05) is 25.5 Å². The van der Waals surface area contributed by atoms with Crippen molar-refractivity contribution in [3.63, 3.8) is 0 Å². The average molecular weight is 373 g/mol. The van der Waals surface area contributed by atoms with Gasteiger partial charge in [-0.15, -0.1) is 0 Å². The third kappa shape index (κ3) is 2.78. The van der Waals surface area contributed by atoms with E-state index >= 15 is 0 Å². The first-order valence-corrected chi connectivity index (χ1v) is 10.0. The molecule has 3 heterocycles. The van der Waals surface area contributed by atoms with Crippen molar-refractivity contribution in [3.05, 3.63) is 42.4 Å². The highest BCUT2D eigenvalue weighted by atomic mass is 32.2. The number of phenolic OH excluding ortho intramolecular Hbond substituents is 1. The van der Waals surface area contributed by atoms with Crippen molar-refractivity contribution < 1.29 is 13.5 Å². The molecule has 2 N–H and O–H groups in total. The van der Waals surface area contributed by atoms with Crippen LogP contribution in [0, 0.1) is 0 Å². The minimum Gasteiger partial charge on any atom is -0.506 e. The molecule has 2 aromatic heterocycles. The molecule has 1 aliphatic heterocycles. The Morgan fingerprint density at radius 1 is 1.31 bits per heavy atom. The van der Waals surface area contributed by atoms with Crippen molar-refractivity contribution in [2.45, 2.75) is 24.9 Å². The third-order valence-electron chi connectivity index (χ3n) is 4.49. The molecule has 4 rings (SSSR count). The van der Waals surface area contributed by atoms with Gasteiger partial charge in [-0.2, -0.15) is 5.10 Å². The lowest BCUT2D eigenvalue weighted by atomic mass is 10.2. The Morgan fingerprint density at radius 3 is 2.92 bits per heavy atom. The molecule has 0 unspecified atom stereocenters. The van der Waals surface area contributed by atoms with Crippen LogP contribution in [0.1, 0.15) is 12.6 Å². The van der Waals surface area contributed by atoms with E-state index in [4.69, 9.17) is 0 Å². The molecular formula is C17H19N5O3S. The number of aromatic nitrogens is 4. The van der Waals surface area contributed by atoms with Crippen LogP contribution in [0.3, 0.4) is 0 Å². The number of fused-ring (bicyclic) bond motifs is 1. The zero-order chi connectivity index (χ0) is 18.3. The topological polar surface area (TPSA) is 102 Å². The SMILES string of the molecule is CCS(=O)(=O)c1ccc(O)c(-n2ccnc2-c2cc3n(n2)CCNC3)c1. The van der Waals surface area contributed by atoms with Gasteiger partial charge in [0.05, 0.1) is 28.6 Å². The van der Waals surface area contributed by atoms with Crippen molar-refractivity contribution in [2.24, 2.45) is 0 Å². The van der Waals surface area contributed by atoms with E-state index < -0.39 is 9.84 Å². The van der Waals surface area contributed by atoms with Crippen LogP contribution in [-0.4, -0.2) is 45.2 Å². The van der Waals surface area contributed by atoms with Crippen LogP contribution in [0.5, 0.6) is 5.75 Å². The lowest BCUT2D eigenvalue weighted by Gasteiger charge is -2.13. The number of imidazole rings is 1. The third-order valence-corrected chi connectivity index (χ3v) is 6.22. The zero-order valence-corrected chi connectivity index (χ0v) is 15.1. The summed E-state index contributed by atoms with van der Waals surface area (Å²) in [6, 6.07) is 6.23. The first kappa shape index (κ1) is 16.8. The molecule has 136 valence electrons. The first-order valence-electron chi connectivity index (χ1n) is 8.37. The van der Waals surface area contributed by atoms with E-state index in [1.165, 1.54) is 18.2 Å². The number of sulfone groups is 1. The molecule has 0 radical (unpaired) electrons. The summed E-state index contributed by atoms with van der Waals surface area (Å²) >= 11 is 0. The van der Waals surface area contributed by atoms with Crippen LogP contribution in [-0.2, 0) is 22.9 Å². The van der Waals surface area contributed by atoms with Crippen LogP contribution in [0.15, 0.2) is 41.6 Å². The van der Waals surface area contributed by atoms with Crippen LogP contribution >= 0.6 is 0 Å². The van der Waals surface area contributed by atoms with E-state index in [0.29, 0.717) is 17.2 Å². The molecule has 9 heteroatoms. The van der Waals surface area contributed by atoms with Crippen molar-refractivity contribution in [1.82, 2.24) is 24.6 Å². The van der Waals surface area contributed by atoms with Crippen molar-refractivity contribution in [1.29, 1.82) is 0 Å². The molecule has 3 aromatic rings. The summed E-state index contributed by atoms with van der Waals surface area (Å²) < 4.78 is 28.0. The average Bonchev–Trinajstić information content (AvgIpc) is 3.28. The molecular weight excluding hydrogens is 354 g/mol. The second-order valence-electron chi connectivity index (χ2n) is 6.10. The Kier molecular flexibility index (Phi) is 4.04. The minimum atomic E-state index is -3.38. The highest BCUT2D eigenvalue weighted by Crippen LogP contribution is 2.29. The summed E-state index contributed by atoms with van der Waals surface area (Å²) in [5.41, 5.74) is 2.10. The molecule has 0 bridgehead atoms. The zero-order valence-electron chi connectivity index (χ0n) is 14.3. The Morgan fingerprint density at radius 2 is 2.15 bits per heavy atom. The summed E-state index contributed by atoms with van der Waals surface area (Å²) in [5, 5.41) is 18.2. The maximum absolute atomic E-state index is 12.2. The minimum absolute atomic E-state index is 0.00519. The van der Waals surface area contributed by atoms with Crippen molar-refractivity contribution in [3.8, 4) is 23.0 Å². The van der Waals surface area contributed by atoms with Gasteiger partial charge in [-0.3, -0.25) is 9.25 Å². The second kappa shape index (κ2) is 6.26. The summed E-state index contributed by atoms with van der Waals surface area (Å²) in [6.07, 6.45) is 3.29. The number of rotatable bonds is 4. The Hall–Kier alpha value is -2.65. The highest BCUT2D eigenvalue weighted by Gasteiger charge is 2.20. The van der Waals surface area contributed by atoms with E-state index in [1.54, 1.807) is 23.9 Å². The molecule has 0 fully saturated rings. The summed E-state index contributed by atoms with van der Waals surface area (Å²) in [4.78, 5) is 4.53. The molecule has 0 amide bonds. The van der Waals surface area contributed by atoms with E-state index in [-0.39, 0.29) is 16.4 Å². The largest absolute Gasteiger partial charge is 0.506 e. The Balaban J connectivity index is 1.83. The fourth-order valence-electron chi connectivity index (χ4n) is 3.05. The van der Waals surface area contributed by atoms with E-state index in [2.05, 4.69) is 15.4 Å². The predicted octanol–water partition coefficient (Wildman–Crippen LogP) is 1.34.